The zero-order valence-corrected chi connectivity index (χ0v) is 17.0. The molecule has 1 saturated carbocycles. The lowest BCUT2D eigenvalue weighted by atomic mass is 9.79. The molecule has 1 aliphatic carbocycles. The predicted octanol–water partition coefficient (Wildman–Crippen LogP) is 5.13. The first kappa shape index (κ1) is 21.2. The number of hydrogen-bond donors (Lipinski definition) is 0. The summed E-state index contributed by atoms with van der Waals surface area (Å²) >= 11 is 0. The van der Waals surface area contributed by atoms with Crippen LogP contribution in [0, 0.1) is 11.3 Å². The molecule has 0 unspecified atom stereocenters. The van der Waals surface area contributed by atoms with Crippen LogP contribution in [0.1, 0.15) is 70.4 Å². The molecule has 0 bridgehead atoms. The van der Waals surface area contributed by atoms with Crippen LogP contribution in [0.5, 0.6) is 0 Å². The highest BCUT2D eigenvalue weighted by Gasteiger charge is 2.22. The summed E-state index contributed by atoms with van der Waals surface area (Å²) in [5.74, 6) is 0.778. The molecule has 0 amide bonds. The second kappa shape index (κ2) is 9.72. The molecule has 0 aromatic heterocycles. The predicted molar refractivity (Wildman–Crippen MR) is 107 cm³/mol. The molecule has 0 atom stereocenters. The van der Waals surface area contributed by atoms with E-state index in [-0.39, 0.29) is 19.2 Å². The number of hydrogen-bond acceptors (Lipinski definition) is 4. The van der Waals surface area contributed by atoms with Gasteiger partial charge in [-0.15, -0.1) is 0 Å². The molecule has 4 nitrogen and oxygen atoms in total. The summed E-state index contributed by atoms with van der Waals surface area (Å²) in [6, 6.07) is 8.42. The van der Waals surface area contributed by atoms with Crippen LogP contribution < -0.4 is 0 Å². The molecule has 0 saturated heterocycles. The smallest absolute Gasteiger partial charge is 0.330 e. The molecule has 1 fully saturated rings. The fourth-order valence-corrected chi connectivity index (χ4v) is 3.18. The third kappa shape index (κ3) is 7.20. The van der Waals surface area contributed by atoms with Crippen LogP contribution in [0.3, 0.4) is 0 Å². The van der Waals surface area contributed by atoms with Gasteiger partial charge in [-0.2, -0.15) is 0 Å². The number of carbonyl (C=O) groups is 2. The lowest BCUT2D eigenvalue weighted by Gasteiger charge is -2.26. The van der Waals surface area contributed by atoms with E-state index in [1.807, 2.05) is 12.1 Å². The van der Waals surface area contributed by atoms with Crippen LogP contribution in [0.15, 0.2) is 30.3 Å². The van der Waals surface area contributed by atoms with Crippen LogP contribution in [0.2, 0.25) is 0 Å². The molecule has 0 heterocycles. The number of rotatable bonds is 6. The molecule has 2 rings (SSSR count). The molecule has 1 aromatic rings. The molecule has 4 heteroatoms. The van der Waals surface area contributed by atoms with Crippen molar-refractivity contribution in [3.63, 3.8) is 0 Å². The van der Waals surface area contributed by atoms with Crippen molar-refractivity contribution in [3.8, 4) is 0 Å². The molecular weight excluding hydrogens is 340 g/mol. The number of esters is 2. The van der Waals surface area contributed by atoms with Crippen LogP contribution in [-0.4, -0.2) is 25.2 Å². The molecule has 27 heavy (non-hydrogen) atoms. The van der Waals surface area contributed by atoms with Crippen molar-refractivity contribution < 1.29 is 19.1 Å². The summed E-state index contributed by atoms with van der Waals surface area (Å²) in [7, 11) is 0. The molecule has 0 aliphatic heterocycles. The molecular formula is C23H32O4. The number of benzene rings is 1. The Bertz CT molecular complexity index is 644. The van der Waals surface area contributed by atoms with E-state index in [0.717, 1.165) is 11.5 Å². The van der Waals surface area contributed by atoms with Crippen molar-refractivity contribution in [1.82, 2.24) is 0 Å². The highest BCUT2D eigenvalue weighted by atomic mass is 16.6. The second-order valence-corrected chi connectivity index (χ2v) is 8.51. The van der Waals surface area contributed by atoms with Gasteiger partial charge in [-0.1, -0.05) is 44.0 Å². The van der Waals surface area contributed by atoms with Gasteiger partial charge in [0.15, 0.2) is 0 Å². The zero-order chi connectivity index (χ0) is 19.9. The highest BCUT2D eigenvalue weighted by molar-refractivity contribution is 5.87. The monoisotopic (exact) mass is 372 g/mol. The van der Waals surface area contributed by atoms with E-state index < -0.39 is 11.4 Å². The third-order valence-corrected chi connectivity index (χ3v) is 5.01. The summed E-state index contributed by atoms with van der Waals surface area (Å²) < 4.78 is 10.1. The van der Waals surface area contributed by atoms with E-state index in [0.29, 0.717) is 5.92 Å². The average molecular weight is 373 g/mol. The minimum absolute atomic E-state index is 0.0596. The number of ether oxygens (including phenoxy) is 2. The third-order valence-electron chi connectivity index (χ3n) is 5.01. The van der Waals surface area contributed by atoms with E-state index in [9.17, 15) is 9.59 Å². The van der Waals surface area contributed by atoms with Gasteiger partial charge in [0.2, 0.25) is 0 Å². The van der Waals surface area contributed by atoms with Gasteiger partial charge in [-0.05, 0) is 62.7 Å². The van der Waals surface area contributed by atoms with E-state index >= 15 is 0 Å². The van der Waals surface area contributed by atoms with Crippen molar-refractivity contribution in [1.29, 1.82) is 0 Å². The van der Waals surface area contributed by atoms with Crippen molar-refractivity contribution in [3.05, 3.63) is 41.5 Å². The zero-order valence-electron chi connectivity index (χ0n) is 17.0. The first-order valence-electron chi connectivity index (χ1n) is 9.87. The quantitative estimate of drug-likeness (QED) is 0.395. The first-order valence-corrected chi connectivity index (χ1v) is 9.87. The average Bonchev–Trinajstić information content (AvgIpc) is 2.63. The number of carbonyl (C=O) groups excluding carboxylic acids is 2. The van der Waals surface area contributed by atoms with E-state index in [2.05, 4.69) is 19.1 Å². The van der Waals surface area contributed by atoms with E-state index in [1.165, 1.54) is 37.3 Å². The Labute approximate surface area is 162 Å². The molecule has 1 aliphatic rings. The molecule has 0 radical (unpaired) electrons. The fraction of sp³-hybridized carbons (Fsp3) is 0.565. The van der Waals surface area contributed by atoms with Gasteiger partial charge >= 0.3 is 11.9 Å². The molecule has 148 valence electrons. The summed E-state index contributed by atoms with van der Waals surface area (Å²) in [5, 5.41) is 0. The second-order valence-electron chi connectivity index (χ2n) is 8.51. The maximum Gasteiger partial charge on any atom is 0.330 e. The van der Waals surface area contributed by atoms with Gasteiger partial charge in [0, 0.05) is 6.08 Å². The van der Waals surface area contributed by atoms with Gasteiger partial charge < -0.3 is 9.47 Å². The van der Waals surface area contributed by atoms with Crippen molar-refractivity contribution >= 4 is 18.0 Å². The van der Waals surface area contributed by atoms with Crippen molar-refractivity contribution in [2.45, 2.75) is 59.3 Å². The van der Waals surface area contributed by atoms with Crippen LogP contribution in [0.25, 0.3) is 6.08 Å². The Morgan fingerprint density at radius 2 is 1.59 bits per heavy atom. The van der Waals surface area contributed by atoms with Crippen LogP contribution >= 0.6 is 0 Å². The minimum atomic E-state index is -0.550. The summed E-state index contributed by atoms with van der Waals surface area (Å²) in [4.78, 5) is 23.4. The van der Waals surface area contributed by atoms with Crippen LogP contribution in [0.4, 0.5) is 0 Å². The van der Waals surface area contributed by atoms with Crippen molar-refractivity contribution in [2.24, 2.45) is 11.3 Å². The van der Waals surface area contributed by atoms with Gasteiger partial charge in [0.1, 0.15) is 13.2 Å². The van der Waals surface area contributed by atoms with Gasteiger partial charge in [0.25, 0.3) is 0 Å². The summed E-state index contributed by atoms with van der Waals surface area (Å²) in [6.07, 6.45) is 8.30. The maximum atomic E-state index is 11.8. The molecule has 0 spiro atoms. The normalized spacial score (nSPS) is 20.4. The Morgan fingerprint density at radius 3 is 2.19 bits per heavy atom. The Balaban J connectivity index is 1.73. The Morgan fingerprint density at radius 1 is 1.00 bits per heavy atom. The fourth-order valence-electron chi connectivity index (χ4n) is 3.18. The topological polar surface area (TPSA) is 52.6 Å². The highest BCUT2D eigenvalue weighted by Crippen LogP contribution is 2.35. The van der Waals surface area contributed by atoms with Crippen molar-refractivity contribution in [2.75, 3.05) is 13.2 Å². The SMILES string of the molecule is CC1CCC(c2ccc(/C=C/C(=O)OCCOC(=O)C(C)(C)C)cc2)CC1. The Kier molecular flexibility index (Phi) is 7.64. The van der Waals surface area contributed by atoms with E-state index in [4.69, 9.17) is 9.47 Å². The Hall–Kier alpha value is -2.10. The minimum Gasteiger partial charge on any atom is -0.462 e. The standard InChI is InChI=1S/C23H32O4/c1-17-5-10-19(11-6-17)20-12-7-18(8-13-20)9-14-21(24)26-15-16-27-22(25)23(2,3)4/h7-9,12-14,17,19H,5-6,10-11,15-16H2,1-4H3/b14-9+. The van der Waals surface area contributed by atoms with Gasteiger partial charge in [0.05, 0.1) is 5.41 Å². The maximum absolute atomic E-state index is 11.8. The molecule has 1 aromatic carbocycles. The first-order chi connectivity index (χ1) is 12.8. The van der Waals surface area contributed by atoms with Crippen LogP contribution in [-0.2, 0) is 19.1 Å². The molecule has 0 N–H and O–H groups in total. The summed E-state index contributed by atoms with van der Waals surface area (Å²) in [5.41, 5.74) is 1.81. The summed E-state index contributed by atoms with van der Waals surface area (Å²) in [6.45, 7) is 7.81. The largest absolute Gasteiger partial charge is 0.462 e. The van der Waals surface area contributed by atoms with Gasteiger partial charge in [-0.25, -0.2) is 4.79 Å². The van der Waals surface area contributed by atoms with E-state index in [1.54, 1.807) is 26.8 Å². The van der Waals surface area contributed by atoms with Gasteiger partial charge in [-0.3, -0.25) is 4.79 Å². The lowest BCUT2D eigenvalue weighted by molar-refractivity contribution is -0.156. The lowest BCUT2D eigenvalue weighted by Crippen LogP contribution is -2.24.